The molecule has 0 saturated carbocycles. The Morgan fingerprint density at radius 3 is 2.52 bits per heavy atom. The first-order valence-electron chi connectivity index (χ1n) is 7.73. The van der Waals surface area contributed by atoms with Crippen molar-refractivity contribution in [1.29, 1.82) is 0 Å². The van der Waals surface area contributed by atoms with Crippen LogP contribution in [0.25, 0.3) is 5.69 Å². The third-order valence-corrected chi connectivity index (χ3v) is 3.94. The minimum atomic E-state index is -1.06. The Hall–Kier alpha value is -3.41. The number of aryl methyl sites for hydroxylation is 2. The van der Waals surface area contributed by atoms with Crippen LogP contribution in [-0.4, -0.2) is 27.1 Å². The van der Waals surface area contributed by atoms with Crippen LogP contribution in [-0.2, 0) is 0 Å². The minimum absolute atomic E-state index is 0.0890. The molecule has 3 rings (SSSR count). The number of carboxylic acids is 1. The van der Waals surface area contributed by atoms with E-state index in [1.54, 1.807) is 25.1 Å². The lowest BCUT2D eigenvalue weighted by Crippen LogP contribution is -2.18. The molecule has 0 bridgehead atoms. The van der Waals surface area contributed by atoms with Gasteiger partial charge >= 0.3 is 5.97 Å². The zero-order chi connectivity index (χ0) is 18.0. The fraction of sp³-hybridized carbons (Fsp3) is 0.105. The van der Waals surface area contributed by atoms with Crippen LogP contribution in [0.3, 0.4) is 0 Å². The molecule has 6 nitrogen and oxygen atoms in total. The molecule has 2 N–H and O–H groups in total. The average molecular weight is 335 g/mol. The van der Waals surface area contributed by atoms with E-state index in [4.69, 9.17) is 0 Å². The van der Waals surface area contributed by atoms with Crippen LogP contribution in [0.2, 0.25) is 0 Å². The van der Waals surface area contributed by atoms with Gasteiger partial charge < -0.3 is 5.11 Å². The van der Waals surface area contributed by atoms with E-state index in [1.807, 2.05) is 31.2 Å². The van der Waals surface area contributed by atoms with Crippen molar-refractivity contribution in [2.75, 3.05) is 0 Å². The van der Waals surface area contributed by atoms with Crippen LogP contribution in [0.1, 0.15) is 27.2 Å². The molecule has 25 heavy (non-hydrogen) atoms. The normalized spacial score (nSPS) is 11.1. The highest BCUT2D eigenvalue weighted by atomic mass is 16.4. The molecule has 126 valence electrons. The van der Waals surface area contributed by atoms with Crippen LogP contribution in [0.5, 0.6) is 0 Å². The van der Waals surface area contributed by atoms with Gasteiger partial charge in [-0.3, -0.25) is 14.9 Å². The lowest BCUT2D eigenvalue weighted by Gasteiger charge is -2.04. The number of para-hydroxylation sites is 2. The number of nitrogens with zero attached hydrogens (tertiary/aromatic N) is 2. The summed E-state index contributed by atoms with van der Waals surface area (Å²) in [6, 6.07) is 14.0. The van der Waals surface area contributed by atoms with Crippen molar-refractivity contribution in [3.8, 4) is 5.69 Å². The van der Waals surface area contributed by atoms with Crippen molar-refractivity contribution in [2.24, 2.45) is 4.99 Å². The number of aromatic nitrogens is 2. The molecule has 0 unspecified atom stereocenters. The predicted molar refractivity (Wildman–Crippen MR) is 96.5 cm³/mol. The molecule has 6 heteroatoms. The van der Waals surface area contributed by atoms with Gasteiger partial charge in [0.1, 0.15) is 0 Å². The molecular formula is C19H17N3O3. The molecule has 0 saturated heterocycles. The van der Waals surface area contributed by atoms with E-state index in [0.29, 0.717) is 16.9 Å². The Labute approximate surface area is 144 Å². The largest absolute Gasteiger partial charge is 0.478 e. The number of aromatic amines is 1. The Bertz CT molecular complexity index is 1030. The molecule has 2 aromatic carbocycles. The van der Waals surface area contributed by atoms with E-state index in [0.717, 1.165) is 11.3 Å². The van der Waals surface area contributed by atoms with Crippen LogP contribution in [0, 0.1) is 13.8 Å². The number of rotatable bonds is 4. The van der Waals surface area contributed by atoms with Gasteiger partial charge in [-0.1, -0.05) is 30.3 Å². The van der Waals surface area contributed by atoms with Gasteiger partial charge in [0.05, 0.1) is 22.5 Å². The average Bonchev–Trinajstić information content (AvgIpc) is 2.88. The van der Waals surface area contributed by atoms with Crippen molar-refractivity contribution >= 4 is 17.9 Å². The van der Waals surface area contributed by atoms with Crippen molar-refractivity contribution in [2.45, 2.75) is 13.8 Å². The maximum atomic E-state index is 12.7. The number of H-pyrrole nitrogens is 1. The number of aromatic carboxylic acids is 1. The molecule has 1 aromatic heterocycles. The first kappa shape index (κ1) is 16.4. The molecule has 0 radical (unpaired) electrons. The third kappa shape index (κ3) is 3.14. The van der Waals surface area contributed by atoms with Crippen LogP contribution in [0.15, 0.2) is 58.3 Å². The number of hydrogen-bond acceptors (Lipinski definition) is 3. The van der Waals surface area contributed by atoms with E-state index < -0.39 is 5.97 Å². The van der Waals surface area contributed by atoms with Gasteiger partial charge in [-0.25, -0.2) is 9.48 Å². The quantitative estimate of drug-likeness (QED) is 0.718. The third-order valence-electron chi connectivity index (χ3n) is 3.94. The van der Waals surface area contributed by atoms with Crippen molar-refractivity contribution in [3.05, 3.63) is 81.3 Å². The van der Waals surface area contributed by atoms with Gasteiger partial charge in [0.15, 0.2) is 0 Å². The maximum Gasteiger partial charge on any atom is 0.337 e. The van der Waals surface area contributed by atoms with Crippen LogP contribution in [0.4, 0.5) is 5.69 Å². The summed E-state index contributed by atoms with van der Waals surface area (Å²) in [6.45, 7) is 3.70. The number of carbonyl (C=O) groups is 1. The molecule has 0 fully saturated rings. The highest BCUT2D eigenvalue weighted by molar-refractivity contribution is 5.95. The van der Waals surface area contributed by atoms with Crippen molar-refractivity contribution < 1.29 is 9.90 Å². The Morgan fingerprint density at radius 2 is 1.80 bits per heavy atom. The summed E-state index contributed by atoms with van der Waals surface area (Å²) in [5, 5.41) is 12.2. The molecule has 0 aliphatic heterocycles. The summed E-state index contributed by atoms with van der Waals surface area (Å²) in [4.78, 5) is 28.2. The molecule has 1 heterocycles. The molecule has 0 aliphatic rings. The summed E-state index contributed by atoms with van der Waals surface area (Å²) in [6.07, 6.45) is 1.41. The fourth-order valence-corrected chi connectivity index (χ4v) is 2.60. The predicted octanol–water partition coefficient (Wildman–Crippen LogP) is 3.23. The monoisotopic (exact) mass is 335 g/mol. The summed E-state index contributed by atoms with van der Waals surface area (Å²) < 4.78 is 1.47. The Kier molecular flexibility index (Phi) is 4.35. The van der Waals surface area contributed by atoms with E-state index in [-0.39, 0.29) is 11.1 Å². The van der Waals surface area contributed by atoms with E-state index in [2.05, 4.69) is 10.1 Å². The molecular weight excluding hydrogens is 318 g/mol. The number of nitrogens with one attached hydrogen (secondary N) is 1. The van der Waals surface area contributed by atoms with Gasteiger partial charge in [0.2, 0.25) is 0 Å². The summed E-state index contributed by atoms with van der Waals surface area (Å²) >= 11 is 0. The second kappa shape index (κ2) is 6.60. The summed E-state index contributed by atoms with van der Waals surface area (Å²) in [5.74, 6) is -1.06. The first-order chi connectivity index (χ1) is 12.0. The van der Waals surface area contributed by atoms with E-state index >= 15 is 0 Å². The topological polar surface area (TPSA) is 87.4 Å². The van der Waals surface area contributed by atoms with Gasteiger partial charge in [-0.2, -0.15) is 0 Å². The van der Waals surface area contributed by atoms with Gasteiger partial charge in [-0.05, 0) is 37.6 Å². The second-order valence-corrected chi connectivity index (χ2v) is 5.66. The summed E-state index contributed by atoms with van der Waals surface area (Å²) in [7, 11) is 0. The van der Waals surface area contributed by atoms with Gasteiger partial charge in [0, 0.05) is 11.9 Å². The fourth-order valence-electron chi connectivity index (χ4n) is 2.60. The maximum absolute atomic E-state index is 12.7. The standard InChI is InChI=1S/C19H17N3O3/c1-12-7-3-6-10-17(12)22-18(23)15(13(2)21-22)11-20-16-9-5-4-8-14(16)19(24)25/h3-11,21H,1-2H3,(H,24,25). The van der Waals surface area contributed by atoms with Crippen LogP contribution < -0.4 is 5.56 Å². The number of carboxylic acid groups (broad SMARTS) is 1. The van der Waals surface area contributed by atoms with E-state index in [9.17, 15) is 14.7 Å². The van der Waals surface area contributed by atoms with Crippen molar-refractivity contribution in [1.82, 2.24) is 9.78 Å². The molecule has 0 atom stereocenters. The number of benzene rings is 2. The molecule has 0 aliphatic carbocycles. The SMILES string of the molecule is Cc1ccccc1-n1[nH]c(C)c(C=Nc2ccccc2C(=O)O)c1=O. The first-order valence-corrected chi connectivity index (χ1v) is 7.73. The highest BCUT2D eigenvalue weighted by Gasteiger charge is 2.13. The number of hydrogen-bond donors (Lipinski definition) is 2. The summed E-state index contributed by atoms with van der Waals surface area (Å²) in [5.41, 5.74) is 2.94. The lowest BCUT2D eigenvalue weighted by molar-refractivity contribution is 0.0698. The Balaban J connectivity index is 2.05. The lowest BCUT2D eigenvalue weighted by atomic mass is 10.2. The highest BCUT2D eigenvalue weighted by Crippen LogP contribution is 2.18. The smallest absolute Gasteiger partial charge is 0.337 e. The van der Waals surface area contributed by atoms with Gasteiger partial charge in [0.25, 0.3) is 5.56 Å². The molecule has 3 aromatic rings. The molecule has 0 spiro atoms. The Morgan fingerprint density at radius 1 is 1.12 bits per heavy atom. The van der Waals surface area contributed by atoms with Crippen LogP contribution >= 0.6 is 0 Å². The second-order valence-electron chi connectivity index (χ2n) is 5.66. The van der Waals surface area contributed by atoms with E-state index in [1.165, 1.54) is 17.0 Å². The van der Waals surface area contributed by atoms with Gasteiger partial charge in [-0.15, -0.1) is 0 Å². The zero-order valence-electron chi connectivity index (χ0n) is 13.9. The van der Waals surface area contributed by atoms with Crippen molar-refractivity contribution in [3.63, 3.8) is 0 Å². The number of aliphatic imine (C=N–C) groups is 1. The molecule has 0 amide bonds. The minimum Gasteiger partial charge on any atom is -0.478 e. The zero-order valence-corrected chi connectivity index (χ0v) is 13.9.